The van der Waals surface area contributed by atoms with Crippen LogP contribution in [-0.4, -0.2) is 49.2 Å². The van der Waals surface area contributed by atoms with Gasteiger partial charge in [-0.2, -0.15) is 0 Å². The van der Waals surface area contributed by atoms with Gasteiger partial charge in [-0.05, 0) is 25.3 Å². The van der Waals surface area contributed by atoms with Crippen LogP contribution < -0.4 is 5.32 Å². The summed E-state index contributed by atoms with van der Waals surface area (Å²) in [5.74, 6) is 0.728. The molecule has 3 N–H and O–H groups in total. The van der Waals surface area contributed by atoms with Crippen molar-refractivity contribution in [2.45, 2.75) is 50.7 Å². The van der Waals surface area contributed by atoms with Crippen LogP contribution in [0.5, 0.6) is 0 Å². The Morgan fingerprint density at radius 1 is 1.24 bits per heavy atom. The van der Waals surface area contributed by atoms with Crippen LogP contribution >= 0.6 is 0 Å². The maximum Gasteiger partial charge on any atom is 0.0785 e. The van der Waals surface area contributed by atoms with Crippen molar-refractivity contribution in [1.29, 1.82) is 0 Å². The summed E-state index contributed by atoms with van der Waals surface area (Å²) >= 11 is 0. The quantitative estimate of drug-likeness (QED) is 0.529. The third kappa shape index (κ3) is 6.99. The van der Waals surface area contributed by atoms with Gasteiger partial charge in [0.15, 0.2) is 0 Å². The van der Waals surface area contributed by atoms with Crippen molar-refractivity contribution < 1.29 is 14.9 Å². The van der Waals surface area contributed by atoms with Gasteiger partial charge in [0.25, 0.3) is 0 Å². The van der Waals surface area contributed by atoms with Gasteiger partial charge in [0.05, 0.1) is 18.8 Å². The molecule has 1 saturated carbocycles. The Labute approximate surface area is 104 Å². The minimum atomic E-state index is -0.403. The van der Waals surface area contributed by atoms with E-state index >= 15 is 0 Å². The highest BCUT2D eigenvalue weighted by Crippen LogP contribution is 2.28. The molecule has 0 amide bonds. The molecule has 1 rings (SSSR count). The largest absolute Gasteiger partial charge is 0.392 e. The molecule has 2 atom stereocenters. The Bertz CT molecular complexity index is 184. The number of rotatable bonds is 9. The molecule has 0 radical (unpaired) electrons. The third-order valence-corrected chi connectivity index (χ3v) is 3.47. The maximum atomic E-state index is 9.83. The molecule has 0 spiro atoms. The summed E-state index contributed by atoms with van der Waals surface area (Å²) in [6.07, 6.45) is 6.17. The molecular weight excluding hydrogens is 218 g/mol. The van der Waals surface area contributed by atoms with Gasteiger partial charge >= 0.3 is 0 Å². The lowest BCUT2D eigenvalue weighted by Gasteiger charge is -2.16. The molecule has 2 unspecified atom stereocenters. The van der Waals surface area contributed by atoms with Gasteiger partial charge < -0.3 is 20.3 Å². The van der Waals surface area contributed by atoms with Crippen LogP contribution in [0.4, 0.5) is 0 Å². The zero-order valence-electron chi connectivity index (χ0n) is 10.9. The molecule has 0 bridgehead atoms. The second kappa shape index (κ2) is 8.86. The second-order valence-corrected chi connectivity index (χ2v) is 5.14. The molecule has 0 heterocycles. The molecule has 0 aliphatic heterocycles. The van der Waals surface area contributed by atoms with Gasteiger partial charge in [0.2, 0.25) is 0 Å². The van der Waals surface area contributed by atoms with Crippen LogP contribution in [-0.2, 0) is 4.74 Å². The Balaban J connectivity index is 1.94. The van der Waals surface area contributed by atoms with Gasteiger partial charge in [0.1, 0.15) is 0 Å². The summed E-state index contributed by atoms with van der Waals surface area (Å²) in [6.45, 7) is 1.74. The molecule has 1 aliphatic rings. The van der Waals surface area contributed by atoms with E-state index in [1.807, 2.05) is 0 Å². The highest BCUT2D eigenvalue weighted by Gasteiger charge is 2.18. The predicted molar refractivity (Wildman–Crippen MR) is 68.0 cm³/mol. The summed E-state index contributed by atoms with van der Waals surface area (Å²) in [7, 11) is 1.59. The first kappa shape index (κ1) is 14.9. The van der Waals surface area contributed by atoms with Crippen LogP contribution in [0.1, 0.15) is 38.5 Å². The van der Waals surface area contributed by atoms with Crippen molar-refractivity contribution in [3.8, 4) is 0 Å². The number of aliphatic hydroxyl groups excluding tert-OH is 2. The van der Waals surface area contributed by atoms with Gasteiger partial charge in [-0.3, -0.25) is 0 Å². The summed E-state index contributed by atoms with van der Waals surface area (Å²) in [5.41, 5.74) is 0. The van der Waals surface area contributed by atoms with E-state index in [0.29, 0.717) is 19.6 Å². The molecule has 4 nitrogen and oxygen atoms in total. The predicted octanol–water partition coefficient (Wildman–Crippen LogP) is 0.915. The number of methoxy groups -OCH3 is 1. The van der Waals surface area contributed by atoms with Crippen LogP contribution in [0, 0.1) is 5.92 Å². The first-order valence-electron chi connectivity index (χ1n) is 6.78. The molecule has 17 heavy (non-hydrogen) atoms. The number of ether oxygens (including phenoxy) is 1. The summed E-state index contributed by atoms with van der Waals surface area (Å²) in [6, 6.07) is 0. The average Bonchev–Trinajstić information content (AvgIpc) is 2.77. The fraction of sp³-hybridized carbons (Fsp3) is 1.00. The molecule has 0 aromatic heterocycles. The Hall–Kier alpha value is -0.160. The Morgan fingerprint density at radius 2 is 1.94 bits per heavy atom. The average molecular weight is 245 g/mol. The van der Waals surface area contributed by atoms with E-state index in [-0.39, 0.29) is 6.10 Å². The molecule has 0 saturated heterocycles. The highest BCUT2D eigenvalue weighted by molar-refractivity contribution is 4.72. The number of hydrogen-bond acceptors (Lipinski definition) is 4. The van der Waals surface area contributed by atoms with Crippen molar-refractivity contribution in [2.75, 3.05) is 26.8 Å². The van der Waals surface area contributed by atoms with Gasteiger partial charge in [-0.25, -0.2) is 0 Å². The Kier molecular flexibility index (Phi) is 7.77. The second-order valence-electron chi connectivity index (χ2n) is 5.14. The Morgan fingerprint density at radius 3 is 2.59 bits per heavy atom. The van der Waals surface area contributed by atoms with Crippen LogP contribution in [0.2, 0.25) is 0 Å². The molecule has 102 valence electrons. The van der Waals surface area contributed by atoms with Crippen molar-refractivity contribution in [3.63, 3.8) is 0 Å². The lowest BCUT2D eigenvalue weighted by molar-refractivity contribution is 0.0583. The van der Waals surface area contributed by atoms with Crippen molar-refractivity contribution in [1.82, 2.24) is 5.32 Å². The first-order chi connectivity index (χ1) is 8.22. The standard InChI is InChI=1S/C13H27NO3/c1-17-10-12(15)6-7-14-9-13(16)8-11-4-2-3-5-11/h11-16H,2-10H2,1H3. The lowest BCUT2D eigenvalue weighted by Crippen LogP contribution is -2.31. The van der Waals surface area contributed by atoms with Crippen molar-refractivity contribution in [2.24, 2.45) is 5.92 Å². The molecule has 4 heteroatoms. The van der Waals surface area contributed by atoms with Crippen LogP contribution in [0.3, 0.4) is 0 Å². The number of hydrogen-bond donors (Lipinski definition) is 3. The minimum Gasteiger partial charge on any atom is -0.392 e. The molecule has 1 fully saturated rings. The molecule has 1 aliphatic carbocycles. The van der Waals surface area contributed by atoms with Crippen LogP contribution in [0.15, 0.2) is 0 Å². The zero-order chi connectivity index (χ0) is 12.5. The topological polar surface area (TPSA) is 61.7 Å². The zero-order valence-corrected chi connectivity index (χ0v) is 10.9. The summed E-state index contributed by atoms with van der Waals surface area (Å²) < 4.78 is 4.84. The van der Waals surface area contributed by atoms with Gasteiger partial charge in [0, 0.05) is 13.7 Å². The minimum absolute atomic E-state index is 0.238. The highest BCUT2D eigenvalue weighted by atomic mass is 16.5. The number of nitrogens with one attached hydrogen (secondary N) is 1. The first-order valence-corrected chi connectivity index (χ1v) is 6.78. The van der Waals surface area contributed by atoms with E-state index in [1.54, 1.807) is 7.11 Å². The van der Waals surface area contributed by atoms with Gasteiger partial charge in [-0.1, -0.05) is 25.7 Å². The van der Waals surface area contributed by atoms with Crippen molar-refractivity contribution >= 4 is 0 Å². The SMILES string of the molecule is COCC(O)CCNCC(O)CC1CCCC1. The smallest absolute Gasteiger partial charge is 0.0785 e. The maximum absolute atomic E-state index is 9.83. The van der Waals surface area contributed by atoms with E-state index in [9.17, 15) is 10.2 Å². The van der Waals surface area contributed by atoms with E-state index in [4.69, 9.17) is 4.74 Å². The fourth-order valence-corrected chi connectivity index (χ4v) is 2.53. The number of aliphatic hydroxyl groups is 2. The summed E-state index contributed by atoms with van der Waals surface area (Å²) in [5, 5.41) is 22.4. The molecule has 0 aromatic rings. The lowest BCUT2D eigenvalue weighted by atomic mass is 10.00. The van der Waals surface area contributed by atoms with Crippen molar-refractivity contribution in [3.05, 3.63) is 0 Å². The van der Waals surface area contributed by atoms with E-state index in [1.165, 1.54) is 25.7 Å². The van der Waals surface area contributed by atoms with E-state index in [2.05, 4.69) is 5.32 Å². The third-order valence-electron chi connectivity index (χ3n) is 3.47. The fourth-order valence-electron chi connectivity index (χ4n) is 2.53. The normalized spacial score (nSPS) is 20.6. The van der Waals surface area contributed by atoms with E-state index in [0.717, 1.165) is 18.9 Å². The molecule has 0 aromatic carbocycles. The van der Waals surface area contributed by atoms with Gasteiger partial charge in [-0.15, -0.1) is 0 Å². The van der Waals surface area contributed by atoms with Crippen LogP contribution in [0.25, 0.3) is 0 Å². The summed E-state index contributed by atoms with van der Waals surface area (Å²) in [4.78, 5) is 0. The monoisotopic (exact) mass is 245 g/mol. The molecular formula is C13H27NO3. The van der Waals surface area contributed by atoms with E-state index < -0.39 is 6.10 Å².